The molecule has 0 aliphatic rings. The third-order valence-electron chi connectivity index (χ3n) is 2.28. The van der Waals surface area contributed by atoms with Gasteiger partial charge in [-0.25, -0.2) is 4.39 Å². The van der Waals surface area contributed by atoms with Crippen LogP contribution in [0.4, 0.5) is 4.39 Å². The smallest absolute Gasteiger partial charge is 0.146 e. The maximum atomic E-state index is 13.6. The van der Waals surface area contributed by atoms with Crippen molar-refractivity contribution in [1.29, 1.82) is 0 Å². The SMILES string of the molecule is Fc1c(Cl)cccc1CNCc1ccc(Br)s1. The zero-order valence-corrected chi connectivity index (χ0v) is 12.0. The average molecular weight is 335 g/mol. The lowest BCUT2D eigenvalue weighted by Crippen LogP contribution is -2.12. The van der Waals surface area contributed by atoms with E-state index in [0.717, 1.165) is 10.3 Å². The van der Waals surface area contributed by atoms with Gasteiger partial charge in [0, 0.05) is 23.5 Å². The topological polar surface area (TPSA) is 12.0 Å². The molecule has 0 radical (unpaired) electrons. The summed E-state index contributed by atoms with van der Waals surface area (Å²) in [5, 5.41) is 3.36. The molecule has 1 nitrogen and oxygen atoms in total. The van der Waals surface area contributed by atoms with E-state index in [2.05, 4.69) is 21.2 Å². The van der Waals surface area contributed by atoms with Gasteiger partial charge in [0.05, 0.1) is 8.81 Å². The van der Waals surface area contributed by atoms with Gasteiger partial charge < -0.3 is 5.32 Å². The van der Waals surface area contributed by atoms with Crippen LogP contribution in [0.1, 0.15) is 10.4 Å². The second kappa shape index (κ2) is 5.96. The lowest BCUT2D eigenvalue weighted by atomic mass is 10.2. The van der Waals surface area contributed by atoms with Gasteiger partial charge in [0.1, 0.15) is 5.82 Å². The Morgan fingerprint density at radius 1 is 1.24 bits per heavy atom. The lowest BCUT2D eigenvalue weighted by Gasteiger charge is -2.05. The first-order valence-corrected chi connectivity index (χ1v) is 7.03. The average Bonchev–Trinajstić information content (AvgIpc) is 2.70. The number of hydrogen-bond acceptors (Lipinski definition) is 2. The minimum Gasteiger partial charge on any atom is -0.308 e. The Balaban J connectivity index is 1.92. The molecule has 0 bridgehead atoms. The molecule has 5 heteroatoms. The van der Waals surface area contributed by atoms with E-state index in [-0.39, 0.29) is 10.8 Å². The molecule has 17 heavy (non-hydrogen) atoms. The van der Waals surface area contributed by atoms with Gasteiger partial charge in [-0.15, -0.1) is 11.3 Å². The molecule has 0 saturated carbocycles. The second-order valence-corrected chi connectivity index (χ2v) is 6.48. The number of hydrogen-bond donors (Lipinski definition) is 1. The van der Waals surface area contributed by atoms with Crippen molar-refractivity contribution in [3.8, 4) is 0 Å². The van der Waals surface area contributed by atoms with E-state index in [0.29, 0.717) is 12.1 Å². The molecular formula is C12H10BrClFNS. The summed E-state index contributed by atoms with van der Waals surface area (Å²) in [4.78, 5) is 1.21. The zero-order chi connectivity index (χ0) is 12.3. The largest absolute Gasteiger partial charge is 0.308 e. The van der Waals surface area contributed by atoms with Crippen molar-refractivity contribution in [3.63, 3.8) is 0 Å². The van der Waals surface area contributed by atoms with Gasteiger partial charge in [-0.2, -0.15) is 0 Å². The fourth-order valence-corrected chi connectivity index (χ4v) is 3.10. The molecule has 0 unspecified atom stereocenters. The van der Waals surface area contributed by atoms with E-state index in [1.54, 1.807) is 29.5 Å². The van der Waals surface area contributed by atoms with E-state index in [1.807, 2.05) is 12.1 Å². The standard InChI is InChI=1S/C12H10BrClFNS/c13-11-5-4-9(17-11)7-16-6-8-2-1-3-10(14)12(8)15/h1-5,16H,6-7H2. The quantitative estimate of drug-likeness (QED) is 0.862. The number of thiophene rings is 1. The molecule has 0 atom stereocenters. The summed E-state index contributed by atoms with van der Waals surface area (Å²) in [6.07, 6.45) is 0. The molecule has 0 spiro atoms. The van der Waals surface area contributed by atoms with Gasteiger partial charge >= 0.3 is 0 Å². The van der Waals surface area contributed by atoms with Crippen molar-refractivity contribution >= 4 is 38.9 Å². The molecule has 1 N–H and O–H groups in total. The van der Waals surface area contributed by atoms with Crippen molar-refractivity contribution in [2.75, 3.05) is 0 Å². The summed E-state index contributed by atoms with van der Waals surface area (Å²) in [6.45, 7) is 1.20. The maximum absolute atomic E-state index is 13.6. The molecule has 0 aliphatic carbocycles. The van der Waals surface area contributed by atoms with E-state index >= 15 is 0 Å². The Bertz CT molecular complexity index is 515. The van der Waals surface area contributed by atoms with Gasteiger partial charge in [-0.05, 0) is 34.1 Å². The molecule has 0 saturated heterocycles. The third-order valence-corrected chi connectivity index (χ3v) is 4.19. The first-order chi connectivity index (χ1) is 8.16. The number of benzene rings is 1. The maximum Gasteiger partial charge on any atom is 0.146 e. The first kappa shape index (κ1) is 13.0. The van der Waals surface area contributed by atoms with Crippen LogP contribution in [0.3, 0.4) is 0 Å². The Hall–Kier alpha value is -0.420. The van der Waals surface area contributed by atoms with E-state index in [1.165, 1.54) is 4.88 Å². The van der Waals surface area contributed by atoms with Crippen LogP contribution >= 0.6 is 38.9 Å². The van der Waals surface area contributed by atoms with E-state index in [9.17, 15) is 4.39 Å². The van der Waals surface area contributed by atoms with Crippen molar-refractivity contribution in [2.24, 2.45) is 0 Å². The molecule has 1 aromatic carbocycles. The minimum absolute atomic E-state index is 0.170. The number of rotatable bonds is 4. The van der Waals surface area contributed by atoms with Gasteiger partial charge in [-0.1, -0.05) is 23.7 Å². The molecule has 2 aromatic rings. The monoisotopic (exact) mass is 333 g/mol. The Labute approximate surface area is 117 Å². The first-order valence-electron chi connectivity index (χ1n) is 5.04. The van der Waals surface area contributed by atoms with Gasteiger partial charge in [-0.3, -0.25) is 0 Å². The van der Waals surface area contributed by atoms with Gasteiger partial charge in [0.2, 0.25) is 0 Å². The molecular weight excluding hydrogens is 325 g/mol. The van der Waals surface area contributed by atoms with Crippen LogP contribution in [0, 0.1) is 5.82 Å². The van der Waals surface area contributed by atoms with Crippen molar-refractivity contribution in [1.82, 2.24) is 5.32 Å². The Morgan fingerprint density at radius 2 is 2.06 bits per heavy atom. The normalized spacial score (nSPS) is 10.8. The van der Waals surface area contributed by atoms with Crippen LogP contribution in [0.25, 0.3) is 0 Å². The van der Waals surface area contributed by atoms with E-state index in [4.69, 9.17) is 11.6 Å². The highest BCUT2D eigenvalue weighted by atomic mass is 79.9. The van der Waals surface area contributed by atoms with Crippen LogP contribution in [-0.4, -0.2) is 0 Å². The van der Waals surface area contributed by atoms with E-state index < -0.39 is 0 Å². The molecule has 1 aromatic heterocycles. The summed E-state index contributed by atoms with van der Waals surface area (Å²) < 4.78 is 14.7. The third kappa shape index (κ3) is 3.52. The van der Waals surface area contributed by atoms with Crippen LogP contribution in [0.2, 0.25) is 5.02 Å². The molecule has 0 fully saturated rings. The fourth-order valence-electron chi connectivity index (χ4n) is 1.45. The van der Waals surface area contributed by atoms with Crippen LogP contribution in [-0.2, 0) is 13.1 Å². The lowest BCUT2D eigenvalue weighted by molar-refractivity contribution is 0.589. The van der Waals surface area contributed by atoms with Crippen molar-refractivity contribution in [3.05, 3.63) is 55.4 Å². The predicted molar refractivity (Wildman–Crippen MR) is 74.0 cm³/mol. The highest BCUT2D eigenvalue weighted by molar-refractivity contribution is 9.11. The molecule has 2 rings (SSSR count). The second-order valence-electron chi connectivity index (χ2n) is 3.52. The highest BCUT2D eigenvalue weighted by Gasteiger charge is 2.05. The molecule has 1 heterocycles. The summed E-state index contributed by atoms with van der Waals surface area (Å²) in [6, 6.07) is 9.08. The number of nitrogens with one attached hydrogen (secondary N) is 1. The van der Waals surface area contributed by atoms with Crippen LogP contribution in [0.15, 0.2) is 34.1 Å². The fraction of sp³-hybridized carbons (Fsp3) is 0.167. The minimum atomic E-state index is -0.339. The molecule has 90 valence electrons. The van der Waals surface area contributed by atoms with Gasteiger partial charge in [0.25, 0.3) is 0 Å². The van der Waals surface area contributed by atoms with Crippen molar-refractivity contribution in [2.45, 2.75) is 13.1 Å². The molecule has 0 amide bonds. The summed E-state index contributed by atoms with van der Waals surface area (Å²) in [5.74, 6) is -0.339. The summed E-state index contributed by atoms with van der Waals surface area (Å²) >= 11 is 10.8. The van der Waals surface area contributed by atoms with Gasteiger partial charge in [0.15, 0.2) is 0 Å². The molecule has 0 aliphatic heterocycles. The number of halogens is 3. The van der Waals surface area contributed by atoms with Crippen molar-refractivity contribution < 1.29 is 4.39 Å². The van der Waals surface area contributed by atoms with Crippen LogP contribution in [0.5, 0.6) is 0 Å². The summed E-state index contributed by atoms with van der Waals surface area (Å²) in [7, 11) is 0. The Kier molecular flexibility index (Phi) is 4.56. The highest BCUT2D eigenvalue weighted by Crippen LogP contribution is 2.22. The summed E-state index contributed by atoms with van der Waals surface area (Å²) in [5.41, 5.74) is 0.591. The van der Waals surface area contributed by atoms with Crippen LogP contribution < -0.4 is 5.32 Å². The predicted octanol–water partition coefficient (Wildman–Crippen LogP) is 4.59. The zero-order valence-electron chi connectivity index (χ0n) is 8.84. The Morgan fingerprint density at radius 3 is 2.76 bits per heavy atom.